The van der Waals surface area contributed by atoms with Gasteiger partial charge in [-0.2, -0.15) is 0 Å². The summed E-state index contributed by atoms with van der Waals surface area (Å²) in [5.41, 5.74) is 3.53. The highest BCUT2D eigenvalue weighted by molar-refractivity contribution is 5.67. The molecule has 1 saturated heterocycles. The molecule has 0 aliphatic carbocycles. The fourth-order valence-electron chi connectivity index (χ4n) is 3.71. The molecular formula is C25H35NO3. The fourth-order valence-corrected chi connectivity index (χ4v) is 3.71. The van der Waals surface area contributed by atoms with Gasteiger partial charge in [0.1, 0.15) is 12.4 Å². The van der Waals surface area contributed by atoms with Crippen LogP contribution >= 0.6 is 0 Å². The van der Waals surface area contributed by atoms with Crippen LogP contribution in [0.15, 0.2) is 48.5 Å². The molecule has 1 N–H and O–H groups in total. The lowest BCUT2D eigenvalue weighted by Crippen LogP contribution is -2.28. The van der Waals surface area contributed by atoms with E-state index in [1.165, 1.54) is 31.4 Å². The molecule has 2 aromatic carbocycles. The normalized spacial score (nSPS) is 16.2. The first-order valence-electron chi connectivity index (χ1n) is 10.9. The van der Waals surface area contributed by atoms with Gasteiger partial charge in [0.05, 0.1) is 0 Å². The van der Waals surface area contributed by atoms with Crippen molar-refractivity contribution in [2.75, 3.05) is 6.54 Å². The third kappa shape index (κ3) is 7.54. The Bertz CT molecular complexity index is 725. The van der Waals surface area contributed by atoms with E-state index < -0.39 is 5.97 Å². The van der Waals surface area contributed by atoms with Crippen LogP contribution in [0.2, 0.25) is 0 Å². The maximum atomic E-state index is 10.6. The molecule has 1 atom stereocenters. The number of carboxylic acids is 1. The molecule has 1 fully saturated rings. The SMILES string of the molecule is CC.CCC1CCCN1Cc1ccc(COc2ccc(CCC(=O)O)cc2)cc1. The minimum atomic E-state index is -0.770. The summed E-state index contributed by atoms with van der Waals surface area (Å²) in [6, 6.07) is 17.1. The van der Waals surface area contributed by atoms with Crippen LogP contribution in [0.5, 0.6) is 5.75 Å². The van der Waals surface area contributed by atoms with Crippen molar-refractivity contribution >= 4 is 5.97 Å². The van der Waals surface area contributed by atoms with Crippen LogP contribution in [-0.4, -0.2) is 28.6 Å². The lowest BCUT2D eigenvalue weighted by Gasteiger charge is -2.23. The van der Waals surface area contributed by atoms with Gasteiger partial charge in [-0.25, -0.2) is 0 Å². The van der Waals surface area contributed by atoms with Gasteiger partial charge in [-0.05, 0) is 61.1 Å². The highest BCUT2D eigenvalue weighted by Gasteiger charge is 2.22. The van der Waals surface area contributed by atoms with Crippen molar-refractivity contribution in [2.45, 2.75) is 72.1 Å². The average Bonchev–Trinajstić information content (AvgIpc) is 3.21. The predicted octanol–water partition coefficient (Wildman–Crippen LogP) is 5.68. The molecule has 4 nitrogen and oxygen atoms in total. The monoisotopic (exact) mass is 397 g/mol. The minimum absolute atomic E-state index is 0.156. The number of carboxylic acid groups (broad SMARTS) is 1. The van der Waals surface area contributed by atoms with Crippen LogP contribution < -0.4 is 4.74 Å². The summed E-state index contributed by atoms with van der Waals surface area (Å²) < 4.78 is 5.85. The molecule has 0 aromatic heterocycles. The Morgan fingerprint density at radius 3 is 2.28 bits per heavy atom. The van der Waals surface area contributed by atoms with E-state index in [0.717, 1.165) is 29.5 Å². The molecule has 0 saturated carbocycles. The minimum Gasteiger partial charge on any atom is -0.489 e. The lowest BCUT2D eigenvalue weighted by atomic mass is 10.1. The number of aryl methyl sites for hydroxylation is 1. The van der Waals surface area contributed by atoms with Crippen LogP contribution in [0.4, 0.5) is 0 Å². The Morgan fingerprint density at radius 1 is 1.03 bits per heavy atom. The summed E-state index contributed by atoms with van der Waals surface area (Å²) in [5.74, 6) is 0.0368. The Hall–Kier alpha value is -2.33. The van der Waals surface area contributed by atoms with Gasteiger partial charge in [0, 0.05) is 19.0 Å². The van der Waals surface area contributed by atoms with Crippen molar-refractivity contribution in [3.8, 4) is 5.75 Å². The third-order valence-corrected chi connectivity index (χ3v) is 5.34. The van der Waals surface area contributed by atoms with Gasteiger partial charge in [-0.15, -0.1) is 0 Å². The van der Waals surface area contributed by atoms with Crippen LogP contribution in [0, 0.1) is 0 Å². The summed E-state index contributed by atoms with van der Waals surface area (Å²) in [5, 5.41) is 8.74. The van der Waals surface area contributed by atoms with Gasteiger partial charge >= 0.3 is 5.97 Å². The van der Waals surface area contributed by atoms with E-state index in [1.807, 2.05) is 38.1 Å². The Morgan fingerprint density at radius 2 is 1.66 bits per heavy atom. The van der Waals surface area contributed by atoms with E-state index in [1.54, 1.807) is 0 Å². The maximum absolute atomic E-state index is 10.6. The van der Waals surface area contributed by atoms with E-state index in [-0.39, 0.29) is 6.42 Å². The zero-order valence-electron chi connectivity index (χ0n) is 18.1. The first-order chi connectivity index (χ1) is 14.1. The second-order valence-electron chi connectivity index (χ2n) is 7.32. The molecule has 3 rings (SSSR count). The van der Waals surface area contributed by atoms with Crippen molar-refractivity contribution in [1.82, 2.24) is 4.90 Å². The smallest absolute Gasteiger partial charge is 0.303 e. The zero-order chi connectivity index (χ0) is 21.1. The molecule has 158 valence electrons. The number of carbonyl (C=O) groups is 1. The summed E-state index contributed by atoms with van der Waals surface area (Å²) in [4.78, 5) is 13.2. The van der Waals surface area contributed by atoms with Gasteiger partial charge in [0.15, 0.2) is 0 Å². The number of rotatable bonds is 9. The number of hydrogen-bond acceptors (Lipinski definition) is 3. The summed E-state index contributed by atoms with van der Waals surface area (Å²) in [6.07, 6.45) is 4.59. The number of ether oxygens (including phenoxy) is 1. The summed E-state index contributed by atoms with van der Waals surface area (Å²) in [6.45, 7) is 9.07. The standard InChI is InChI=1S/C23H29NO3.C2H6/c1-2-21-4-3-15-24(21)16-19-5-7-20(8-6-19)17-27-22-12-9-18(10-13-22)11-14-23(25)26;1-2/h5-10,12-13,21H,2-4,11,14-17H2,1H3,(H,25,26);1-2H3. The third-order valence-electron chi connectivity index (χ3n) is 5.34. The van der Waals surface area contributed by atoms with Crippen molar-refractivity contribution in [2.24, 2.45) is 0 Å². The molecule has 0 spiro atoms. The van der Waals surface area contributed by atoms with Gasteiger partial charge in [-0.1, -0.05) is 57.2 Å². The number of aliphatic carboxylic acids is 1. The molecule has 2 aromatic rings. The molecular weight excluding hydrogens is 362 g/mol. The van der Waals surface area contributed by atoms with Crippen LogP contribution in [0.25, 0.3) is 0 Å². The Kier molecular flexibility index (Phi) is 9.72. The number of hydrogen-bond donors (Lipinski definition) is 1. The number of benzene rings is 2. The van der Waals surface area contributed by atoms with Crippen molar-refractivity contribution in [3.63, 3.8) is 0 Å². The van der Waals surface area contributed by atoms with E-state index in [9.17, 15) is 4.79 Å². The van der Waals surface area contributed by atoms with Gasteiger partial charge in [0.2, 0.25) is 0 Å². The van der Waals surface area contributed by atoms with Crippen LogP contribution in [-0.2, 0) is 24.4 Å². The number of likely N-dealkylation sites (tertiary alicyclic amines) is 1. The Labute approximate surface area is 175 Å². The van der Waals surface area contributed by atoms with Gasteiger partial charge in [0.25, 0.3) is 0 Å². The van der Waals surface area contributed by atoms with Crippen LogP contribution in [0.1, 0.15) is 63.1 Å². The predicted molar refractivity (Wildman–Crippen MR) is 118 cm³/mol. The molecule has 1 aliphatic heterocycles. The molecule has 4 heteroatoms. The molecule has 0 bridgehead atoms. The van der Waals surface area contributed by atoms with E-state index in [4.69, 9.17) is 9.84 Å². The topological polar surface area (TPSA) is 49.8 Å². The molecule has 0 amide bonds. The zero-order valence-corrected chi connectivity index (χ0v) is 18.1. The van der Waals surface area contributed by atoms with E-state index in [2.05, 4.69) is 36.1 Å². The summed E-state index contributed by atoms with van der Waals surface area (Å²) in [7, 11) is 0. The van der Waals surface area contributed by atoms with Crippen LogP contribution in [0.3, 0.4) is 0 Å². The second kappa shape index (κ2) is 12.3. The van der Waals surface area contributed by atoms with E-state index >= 15 is 0 Å². The molecule has 1 unspecified atom stereocenters. The highest BCUT2D eigenvalue weighted by Crippen LogP contribution is 2.22. The fraction of sp³-hybridized carbons (Fsp3) is 0.480. The first kappa shape index (κ1) is 23.0. The Balaban J connectivity index is 0.00000145. The summed E-state index contributed by atoms with van der Waals surface area (Å²) >= 11 is 0. The van der Waals surface area contributed by atoms with Crippen molar-refractivity contribution < 1.29 is 14.6 Å². The van der Waals surface area contributed by atoms with Gasteiger partial charge < -0.3 is 9.84 Å². The average molecular weight is 398 g/mol. The molecule has 1 aliphatic rings. The van der Waals surface area contributed by atoms with Crippen molar-refractivity contribution in [1.29, 1.82) is 0 Å². The quantitative estimate of drug-likeness (QED) is 0.591. The molecule has 1 heterocycles. The number of nitrogens with zero attached hydrogens (tertiary/aromatic N) is 1. The second-order valence-corrected chi connectivity index (χ2v) is 7.32. The highest BCUT2D eigenvalue weighted by atomic mass is 16.5. The molecule has 29 heavy (non-hydrogen) atoms. The lowest BCUT2D eigenvalue weighted by molar-refractivity contribution is -0.136. The maximum Gasteiger partial charge on any atom is 0.303 e. The largest absolute Gasteiger partial charge is 0.489 e. The van der Waals surface area contributed by atoms with Gasteiger partial charge in [-0.3, -0.25) is 9.69 Å². The van der Waals surface area contributed by atoms with E-state index in [0.29, 0.717) is 13.0 Å². The first-order valence-corrected chi connectivity index (χ1v) is 10.9. The van der Waals surface area contributed by atoms with Crippen molar-refractivity contribution in [3.05, 3.63) is 65.2 Å². The molecule has 0 radical (unpaired) electrons.